The summed E-state index contributed by atoms with van der Waals surface area (Å²) in [6.07, 6.45) is -0.471. The van der Waals surface area contributed by atoms with Gasteiger partial charge in [0.05, 0.1) is 19.1 Å². The third kappa shape index (κ3) is 8.10. The van der Waals surface area contributed by atoms with E-state index in [0.29, 0.717) is 35.5 Å². The van der Waals surface area contributed by atoms with E-state index in [2.05, 4.69) is 0 Å². The summed E-state index contributed by atoms with van der Waals surface area (Å²) in [5.41, 5.74) is 1.74. The second-order valence-corrected chi connectivity index (χ2v) is 12.9. The normalized spacial score (nSPS) is 16.2. The van der Waals surface area contributed by atoms with Crippen molar-refractivity contribution in [2.24, 2.45) is 0 Å². The van der Waals surface area contributed by atoms with Gasteiger partial charge < -0.3 is 19.1 Å². The van der Waals surface area contributed by atoms with Gasteiger partial charge in [0.1, 0.15) is 24.0 Å². The van der Waals surface area contributed by atoms with E-state index in [9.17, 15) is 27.6 Å². The number of fused-ring (bicyclic) bond motifs is 1. The van der Waals surface area contributed by atoms with Gasteiger partial charge in [0.25, 0.3) is 0 Å². The van der Waals surface area contributed by atoms with Crippen molar-refractivity contribution in [3.05, 3.63) is 58.1 Å². The molecule has 246 valence electrons. The van der Waals surface area contributed by atoms with Gasteiger partial charge in [-0.05, 0) is 93.3 Å². The van der Waals surface area contributed by atoms with Crippen LogP contribution in [0.25, 0.3) is 0 Å². The zero-order chi connectivity index (χ0) is 33.1. The molecule has 1 heterocycles. The number of amides is 2. The lowest BCUT2D eigenvalue weighted by atomic mass is 9.81. The van der Waals surface area contributed by atoms with Crippen LogP contribution in [-0.2, 0) is 38.3 Å². The first kappa shape index (κ1) is 34.1. The summed E-state index contributed by atoms with van der Waals surface area (Å²) in [5.74, 6) is -0.664. The lowest BCUT2D eigenvalue weighted by Gasteiger charge is -2.30. The number of halogens is 3. The molecule has 45 heavy (non-hydrogen) atoms. The van der Waals surface area contributed by atoms with Crippen molar-refractivity contribution >= 4 is 23.7 Å². The zero-order valence-electron chi connectivity index (χ0n) is 26.9. The number of nitrogens with zero attached hydrogens (tertiary/aromatic N) is 2. The van der Waals surface area contributed by atoms with Crippen molar-refractivity contribution in [3.8, 4) is 5.75 Å². The van der Waals surface area contributed by atoms with Crippen LogP contribution in [0, 0.1) is 6.92 Å². The number of esters is 1. The first-order chi connectivity index (χ1) is 21.1. The number of hydrogen-bond acceptors (Lipinski definition) is 6. The standard InChI is InChI=1S/C34H43F3N2O6/c1-21-24-16-17-39(30(40)19-28(31(41)43-6)38(5)32(42)45-33(2,3)4)27(24)14-15-29(21)44-20-22-12-13-25(23-10-8-7-9-11-23)26(18-22)34(35,36)37/h12-15,18,23,28H,7-11,16-17,19-20H2,1-6H3/t28-/m1/s1. The van der Waals surface area contributed by atoms with Gasteiger partial charge in [-0.3, -0.25) is 9.69 Å². The molecular weight excluding hydrogens is 589 g/mol. The topological polar surface area (TPSA) is 85.4 Å². The van der Waals surface area contributed by atoms with E-state index in [1.54, 1.807) is 49.9 Å². The molecule has 0 spiro atoms. The van der Waals surface area contributed by atoms with Crippen molar-refractivity contribution in [1.29, 1.82) is 0 Å². The van der Waals surface area contributed by atoms with Gasteiger partial charge in [0, 0.05) is 19.3 Å². The van der Waals surface area contributed by atoms with Crippen LogP contribution in [0.2, 0.25) is 0 Å². The van der Waals surface area contributed by atoms with E-state index in [1.165, 1.54) is 20.2 Å². The van der Waals surface area contributed by atoms with Gasteiger partial charge in [-0.15, -0.1) is 0 Å². The van der Waals surface area contributed by atoms with E-state index >= 15 is 0 Å². The summed E-state index contributed by atoms with van der Waals surface area (Å²) in [6, 6.07) is 6.79. The zero-order valence-corrected chi connectivity index (χ0v) is 26.9. The summed E-state index contributed by atoms with van der Waals surface area (Å²) in [6.45, 7) is 7.28. The summed E-state index contributed by atoms with van der Waals surface area (Å²) in [5, 5.41) is 0. The molecule has 1 saturated carbocycles. The molecule has 1 aliphatic carbocycles. The lowest BCUT2D eigenvalue weighted by molar-refractivity contribution is -0.148. The Hall–Kier alpha value is -3.76. The summed E-state index contributed by atoms with van der Waals surface area (Å²) >= 11 is 0. The van der Waals surface area contributed by atoms with Crippen LogP contribution in [-0.4, -0.2) is 55.2 Å². The average molecular weight is 633 g/mol. The van der Waals surface area contributed by atoms with Crippen molar-refractivity contribution in [2.45, 2.75) is 103 Å². The Morgan fingerprint density at radius 2 is 1.73 bits per heavy atom. The molecule has 0 N–H and O–H groups in total. The molecule has 0 bridgehead atoms. The predicted octanol–water partition coefficient (Wildman–Crippen LogP) is 7.33. The van der Waals surface area contributed by atoms with Gasteiger partial charge >= 0.3 is 18.2 Å². The number of rotatable bonds is 8. The Balaban J connectivity index is 1.47. The number of benzene rings is 2. The number of anilines is 1. The molecule has 4 rings (SSSR count). The Morgan fingerprint density at radius 1 is 1.04 bits per heavy atom. The highest BCUT2D eigenvalue weighted by Crippen LogP contribution is 2.41. The van der Waals surface area contributed by atoms with Crippen molar-refractivity contribution in [1.82, 2.24) is 4.90 Å². The molecule has 11 heteroatoms. The number of hydrogen-bond donors (Lipinski definition) is 0. The van der Waals surface area contributed by atoms with Crippen molar-refractivity contribution in [3.63, 3.8) is 0 Å². The monoisotopic (exact) mass is 632 g/mol. The SMILES string of the molecule is COC(=O)[C@@H](CC(=O)N1CCc2c1ccc(OCc1ccc(C3CCCCC3)c(C(F)(F)F)c1)c2C)N(C)C(=O)OC(C)(C)C. The molecule has 1 aliphatic heterocycles. The maximum absolute atomic E-state index is 14.0. The van der Waals surface area contributed by atoms with Crippen LogP contribution in [0.5, 0.6) is 5.75 Å². The highest BCUT2D eigenvalue weighted by Gasteiger charge is 2.37. The second-order valence-electron chi connectivity index (χ2n) is 12.9. The first-order valence-electron chi connectivity index (χ1n) is 15.4. The average Bonchev–Trinajstić information content (AvgIpc) is 3.43. The fourth-order valence-electron chi connectivity index (χ4n) is 6.17. The van der Waals surface area contributed by atoms with Gasteiger partial charge in [0.15, 0.2) is 0 Å². The maximum atomic E-state index is 14.0. The molecule has 8 nitrogen and oxygen atoms in total. The molecule has 2 aliphatic rings. The van der Waals surface area contributed by atoms with E-state index in [0.717, 1.165) is 48.1 Å². The Kier molecular flexibility index (Phi) is 10.4. The van der Waals surface area contributed by atoms with Crippen LogP contribution < -0.4 is 9.64 Å². The highest BCUT2D eigenvalue weighted by atomic mass is 19.4. The molecule has 2 aromatic carbocycles. The molecule has 0 radical (unpaired) electrons. The number of likely N-dealkylation sites (N-methyl/N-ethyl adjacent to an activating group) is 1. The number of carbonyl (C=O) groups is 3. The highest BCUT2D eigenvalue weighted by molar-refractivity contribution is 5.99. The minimum atomic E-state index is -4.45. The minimum Gasteiger partial charge on any atom is -0.489 e. The first-order valence-corrected chi connectivity index (χ1v) is 15.4. The van der Waals surface area contributed by atoms with Crippen LogP contribution in [0.4, 0.5) is 23.7 Å². The summed E-state index contributed by atoms with van der Waals surface area (Å²) < 4.78 is 58.3. The Labute approximate surface area is 262 Å². The summed E-state index contributed by atoms with van der Waals surface area (Å²) in [7, 11) is 2.57. The maximum Gasteiger partial charge on any atom is 0.416 e. The minimum absolute atomic E-state index is 0.0336. The third-order valence-corrected chi connectivity index (χ3v) is 8.55. The molecule has 0 unspecified atom stereocenters. The fourth-order valence-corrected chi connectivity index (χ4v) is 6.17. The smallest absolute Gasteiger partial charge is 0.416 e. The van der Waals surface area contributed by atoms with Crippen molar-refractivity contribution in [2.75, 3.05) is 25.6 Å². The molecular formula is C34H43F3N2O6. The summed E-state index contributed by atoms with van der Waals surface area (Å²) in [4.78, 5) is 41.2. The Morgan fingerprint density at radius 3 is 2.36 bits per heavy atom. The lowest BCUT2D eigenvalue weighted by Crippen LogP contribution is -2.48. The molecule has 1 atom stereocenters. The number of ether oxygens (including phenoxy) is 3. The molecule has 1 fully saturated rings. The van der Waals surface area contributed by atoms with Crippen LogP contribution in [0.1, 0.15) is 93.0 Å². The van der Waals surface area contributed by atoms with Gasteiger partial charge in [-0.2, -0.15) is 13.2 Å². The van der Waals surface area contributed by atoms with E-state index in [4.69, 9.17) is 14.2 Å². The fraction of sp³-hybridized carbons (Fsp3) is 0.559. The van der Waals surface area contributed by atoms with Crippen LogP contribution in [0.3, 0.4) is 0 Å². The number of methoxy groups -OCH3 is 1. The largest absolute Gasteiger partial charge is 0.489 e. The van der Waals surface area contributed by atoms with Gasteiger partial charge in [0.2, 0.25) is 5.91 Å². The van der Waals surface area contributed by atoms with Gasteiger partial charge in [-0.25, -0.2) is 9.59 Å². The quantitative estimate of drug-likeness (QED) is 0.284. The number of carbonyl (C=O) groups excluding carboxylic acids is 3. The molecule has 0 saturated heterocycles. The second kappa shape index (κ2) is 13.7. The van der Waals surface area contributed by atoms with Crippen molar-refractivity contribution < 1.29 is 41.8 Å². The number of alkyl halides is 3. The molecule has 2 amide bonds. The molecule has 0 aromatic heterocycles. The van der Waals surface area contributed by atoms with Gasteiger partial charge in [-0.1, -0.05) is 31.4 Å². The van der Waals surface area contributed by atoms with Crippen LogP contribution in [0.15, 0.2) is 30.3 Å². The van der Waals surface area contributed by atoms with E-state index in [-0.39, 0.29) is 24.9 Å². The molecule has 2 aromatic rings. The Bertz CT molecular complexity index is 1410. The third-order valence-electron chi connectivity index (χ3n) is 8.55. The predicted molar refractivity (Wildman–Crippen MR) is 163 cm³/mol. The van der Waals surface area contributed by atoms with E-state index in [1.807, 2.05) is 6.92 Å². The van der Waals surface area contributed by atoms with E-state index < -0.39 is 35.4 Å². The van der Waals surface area contributed by atoms with Crippen LogP contribution >= 0.6 is 0 Å².